The fourth-order valence-electron chi connectivity index (χ4n) is 1.65. The van der Waals surface area contributed by atoms with Gasteiger partial charge in [0.15, 0.2) is 0 Å². The summed E-state index contributed by atoms with van der Waals surface area (Å²) in [5.74, 6) is 0.562. The number of rotatable bonds is 8. The molecule has 0 unspecified atom stereocenters. The second kappa shape index (κ2) is 9.60. The number of nitrogens with one attached hydrogen (secondary N) is 2. The van der Waals surface area contributed by atoms with E-state index in [0.29, 0.717) is 19.7 Å². The van der Waals surface area contributed by atoms with Crippen molar-refractivity contribution >= 4 is 17.9 Å². The summed E-state index contributed by atoms with van der Waals surface area (Å²) in [5, 5.41) is 5.45. The minimum absolute atomic E-state index is 0.0146. The summed E-state index contributed by atoms with van der Waals surface area (Å²) in [6.45, 7) is 7.05. The predicted molar refractivity (Wildman–Crippen MR) is 87.5 cm³/mol. The first kappa shape index (κ1) is 17.8. The summed E-state index contributed by atoms with van der Waals surface area (Å²) in [5.41, 5.74) is 0.923. The van der Waals surface area contributed by atoms with Gasteiger partial charge in [-0.15, -0.1) is 0 Å². The molecule has 1 rings (SSSR count). The third-order valence-corrected chi connectivity index (χ3v) is 2.87. The van der Waals surface area contributed by atoms with Crippen LogP contribution >= 0.6 is 0 Å². The maximum absolute atomic E-state index is 11.6. The molecule has 1 aromatic carbocycles. The SMILES string of the molecule is CCOc1ccc(/C=C/C(=O)NCCNC(=O)C(C)C)cc1. The molecular weight excluding hydrogens is 280 g/mol. The number of hydrogen-bond donors (Lipinski definition) is 2. The van der Waals surface area contributed by atoms with Gasteiger partial charge in [-0.1, -0.05) is 26.0 Å². The Morgan fingerprint density at radius 3 is 2.36 bits per heavy atom. The van der Waals surface area contributed by atoms with Crippen molar-refractivity contribution in [1.29, 1.82) is 0 Å². The molecule has 0 heterocycles. The molecule has 0 bridgehead atoms. The van der Waals surface area contributed by atoms with Crippen LogP contribution in [0.2, 0.25) is 0 Å². The molecule has 0 atom stereocenters. The summed E-state index contributed by atoms with van der Waals surface area (Å²) in [4.78, 5) is 23.0. The van der Waals surface area contributed by atoms with E-state index in [1.54, 1.807) is 6.08 Å². The molecule has 0 radical (unpaired) electrons. The molecule has 5 nitrogen and oxygen atoms in total. The Balaban J connectivity index is 2.30. The molecule has 120 valence electrons. The normalized spacial score (nSPS) is 10.7. The van der Waals surface area contributed by atoms with Crippen molar-refractivity contribution in [3.8, 4) is 5.75 Å². The molecule has 2 amide bonds. The number of ether oxygens (including phenoxy) is 1. The van der Waals surface area contributed by atoms with Gasteiger partial charge in [-0.2, -0.15) is 0 Å². The van der Waals surface area contributed by atoms with Crippen molar-refractivity contribution < 1.29 is 14.3 Å². The van der Waals surface area contributed by atoms with Gasteiger partial charge in [0.05, 0.1) is 6.61 Å². The number of amides is 2. The Morgan fingerprint density at radius 2 is 1.77 bits per heavy atom. The Morgan fingerprint density at radius 1 is 1.14 bits per heavy atom. The van der Waals surface area contributed by atoms with Crippen LogP contribution in [0.15, 0.2) is 30.3 Å². The average Bonchev–Trinajstić information content (AvgIpc) is 2.50. The van der Waals surface area contributed by atoms with E-state index < -0.39 is 0 Å². The van der Waals surface area contributed by atoms with Gasteiger partial charge < -0.3 is 15.4 Å². The first-order chi connectivity index (χ1) is 10.5. The van der Waals surface area contributed by atoms with E-state index in [4.69, 9.17) is 4.74 Å². The largest absolute Gasteiger partial charge is 0.494 e. The van der Waals surface area contributed by atoms with Crippen LogP contribution in [-0.2, 0) is 9.59 Å². The number of hydrogen-bond acceptors (Lipinski definition) is 3. The molecule has 0 fully saturated rings. The van der Waals surface area contributed by atoms with E-state index in [1.165, 1.54) is 6.08 Å². The lowest BCUT2D eigenvalue weighted by atomic mass is 10.2. The highest BCUT2D eigenvalue weighted by atomic mass is 16.5. The van der Waals surface area contributed by atoms with E-state index in [1.807, 2.05) is 45.0 Å². The van der Waals surface area contributed by atoms with Crippen LogP contribution in [0.3, 0.4) is 0 Å². The lowest BCUT2D eigenvalue weighted by molar-refractivity contribution is -0.124. The minimum atomic E-state index is -0.187. The zero-order valence-electron chi connectivity index (χ0n) is 13.4. The standard InChI is InChI=1S/C17H24N2O3/c1-4-22-15-8-5-14(6-9-15)7-10-16(20)18-11-12-19-17(21)13(2)3/h5-10,13H,4,11-12H2,1-3H3,(H,18,20)(H,19,21)/b10-7+. The lowest BCUT2D eigenvalue weighted by Crippen LogP contribution is -2.35. The van der Waals surface area contributed by atoms with Gasteiger partial charge in [-0.3, -0.25) is 9.59 Å². The Labute approximate surface area is 131 Å². The van der Waals surface area contributed by atoms with Gasteiger partial charge in [0.25, 0.3) is 0 Å². The number of carbonyl (C=O) groups is 2. The minimum Gasteiger partial charge on any atom is -0.494 e. The topological polar surface area (TPSA) is 67.4 Å². The first-order valence-electron chi connectivity index (χ1n) is 7.49. The van der Waals surface area contributed by atoms with E-state index in [2.05, 4.69) is 10.6 Å². The second-order valence-corrected chi connectivity index (χ2v) is 5.07. The van der Waals surface area contributed by atoms with Crippen LogP contribution in [0.4, 0.5) is 0 Å². The van der Waals surface area contributed by atoms with E-state index in [-0.39, 0.29) is 17.7 Å². The van der Waals surface area contributed by atoms with Gasteiger partial charge in [0, 0.05) is 25.1 Å². The molecule has 22 heavy (non-hydrogen) atoms. The van der Waals surface area contributed by atoms with Crippen molar-refractivity contribution in [1.82, 2.24) is 10.6 Å². The molecule has 0 aromatic heterocycles. The van der Waals surface area contributed by atoms with Crippen LogP contribution in [0.1, 0.15) is 26.3 Å². The highest BCUT2D eigenvalue weighted by molar-refractivity contribution is 5.91. The summed E-state index contributed by atoms with van der Waals surface area (Å²) in [6.07, 6.45) is 3.21. The van der Waals surface area contributed by atoms with Crippen molar-refractivity contribution in [3.05, 3.63) is 35.9 Å². The third-order valence-electron chi connectivity index (χ3n) is 2.87. The molecule has 0 spiro atoms. The molecule has 5 heteroatoms. The van der Waals surface area contributed by atoms with Crippen molar-refractivity contribution in [2.45, 2.75) is 20.8 Å². The van der Waals surface area contributed by atoms with Gasteiger partial charge >= 0.3 is 0 Å². The summed E-state index contributed by atoms with van der Waals surface area (Å²) in [7, 11) is 0. The van der Waals surface area contributed by atoms with Crippen LogP contribution in [-0.4, -0.2) is 31.5 Å². The van der Waals surface area contributed by atoms with E-state index in [0.717, 1.165) is 11.3 Å². The van der Waals surface area contributed by atoms with Crippen LogP contribution in [0, 0.1) is 5.92 Å². The smallest absolute Gasteiger partial charge is 0.244 e. The molecule has 0 aliphatic rings. The highest BCUT2D eigenvalue weighted by Gasteiger charge is 2.04. The highest BCUT2D eigenvalue weighted by Crippen LogP contribution is 2.12. The van der Waals surface area contributed by atoms with E-state index >= 15 is 0 Å². The zero-order chi connectivity index (χ0) is 16.4. The number of benzene rings is 1. The number of carbonyl (C=O) groups excluding carboxylic acids is 2. The summed E-state index contributed by atoms with van der Waals surface area (Å²) < 4.78 is 5.35. The van der Waals surface area contributed by atoms with Crippen molar-refractivity contribution in [2.24, 2.45) is 5.92 Å². The Hall–Kier alpha value is -2.30. The summed E-state index contributed by atoms with van der Waals surface area (Å²) >= 11 is 0. The fourth-order valence-corrected chi connectivity index (χ4v) is 1.65. The molecule has 2 N–H and O–H groups in total. The van der Waals surface area contributed by atoms with Crippen LogP contribution < -0.4 is 15.4 Å². The molecular formula is C17H24N2O3. The molecule has 0 saturated heterocycles. The Kier molecular flexibility index (Phi) is 7.75. The van der Waals surface area contributed by atoms with Gasteiger partial charge in [-0.05, 0) is 30.7 Å². The maximum Gasteiger partial charge on any atom is 0.244 e. The van der Waals surface area contributed by atoms with Gasteiger partial charge in [0.2, 0.25) is 11.8 Å². The average molecular weight is 304 g/mol. The summed E-state index contributed by atoms with van der Waals surface area (Å²) in [6, 6.07) is 7.50. The predicted octanol–water partition coefficient (Wildman–Crippen LogP) is 1.99. The molecule has 1 aromatic rings. The quantitative estimate of drug-likeness (QED) is 0.570. The second-order valence-electron chi connectivity index (χ2n) is 5.07. The van der Waals surface area contributed by atoms with Gasteiger partial charge in [0.1, 0.15) is 5.75 Å². The fraction of sp³-hybridized carbons (Fsp3) is 0.412. The lowest BCUT2D eigenvalue weighted by Gasteiger charge is -2.07. The van der Waals surface area contributed by atoms with Gasteiger partial charge in [-0.25, -0.2) is 0 Å². The maximum atomic E-state index is 11.6. The molecule has 0 saturated carbocycles. The first-order valence-corrected chi connectivity index (χ1v) is 7.49. The third kappa shape index (κ3) is 6.92. The molecule has 0 aliphatic heterocycles. The van der Waals surface area contributed by atoms with Crippen molar-refractivity contribution in [2.75, 3.05) is 19.7 Å². The van der Waals surface area contributed by atoms with Crippen LogP contribution in [0.5, 0.6) is 5.75 Å². The zero-order valence-corrected chi connectivity index (χ0v) is 13.4. The van der Waals surface area contributed by atoms with Crippen LogP contribution in [0.25, 0.3) is 6.08 Å². The Bertz CT molecular complexity index is 507. The van der Waals surface area contributed by atoms with Crippen molar-refractivity contribution in [3.63, 3.8) is 0 Å². The monoisotopic (exact) mass is 304 g/mol. The van der Waals surface area contributed by atoms with E-state index in [9.17, 15) is 9.59 Å². The molecule has 0 aliphatic carbocycles.